The lowest BCUT2D eigenvalue weighted by Gasteiger charge is -2.03. The van der Waals surface area contributed by atoms with E-state index in [9.17, 15) is 0 Å². The zero-order chi connectivity index (χ0) is 10.8. The number of pyridine rings is 1. The van der Waals surface area contributed by atoms with E-state index in [0.717, 1.165) is 22.2 Å². The summed E-state index contributed by atoms with van der Waals surface area (Å²) in [5.74, 6) is 0. The van der Waals surface area contributed by atoms with E-state index in [0.29, 0.717) is 0 Å². The third kappa shape index (κ3) is 1.42. The van der Waals surface area contributed by atoms with E-state index in [1.165, 1.54) is 0 Å². The van der Waals surface area contributed by atoms with Crippen LogP contribution in [0.4, 0.5) is 0 Å². The highest BCUT2D eigenvalue weighted by Gasteiger charge is 2.04. The van der Waals surface area contributed by atoms with Crippen LogP contribution in [0, 0.1) is 0 Å². The van der Waals surface area contributed by atoms with Crippen molar-refractivity contribution in [2.75, 3.05) is 0 Å². The van der Waals surface area contributed by atoms with Crippen LogP contribution in [0.15, 0.2) is 55.1 Å². The third-order valence-electron chi connectivity index (χ3n) is 2.49. The minimum atomic E-state index is 0.902. The minimum Gasteiger partial charge on any atom is -0.256 e. The fourth-order valence-electron chi connectivity index (χ4n) is 1.76. The molecule has 0 saturated carbocycles. The Kier molecular flexibility index (Phi) is 2.07. The predicted molar refractivity (Wildman–Crippen MR) is 62.8 cm³/mol. The van der Waals surface area contributed by atoms with Gasteiger partial charge in [-0.2, -0.15) is 0 Å². The van der Waals surface area contributed by atoms with Gasteiger partial charge < -0.3 is 0 Å². The summed E-state index contributed by atoms with van der Waals surface area (Å²) in [4.78, 5) is 12.6. The van der Waals surface area contributed by atoms with Gasteiger partial charge in [-0.05, 0) is 12.1 Å². The van der Waals surface area contributed by atoms with Gasteiger partial charge in [0.25, 0.3) is 0 Å². The number of rotatable bonds is 1. The van der Waals surface area contributed by atoms with E-state index in [2.05, 4.69) is 15.0 Å². The SMILES string of the molecule is c1cnc2c(-c3ccncn3)cccc2c1. The second kappa shape index (κ2) is 3.70. The molecule has 3 rings (SSSR count). The lowest BCUT2D eigenvalue weighted by Crippen LogP contribution is -1.87. The van der Waals surface area contributed by atoms with Crippen molar-refractivity contribution >= 4 is 10.9 Å². The Morgan fingerprint density at radius 1 is 0.812 bits per heavy atom. The zero-order valence-electron chi connectivity index (χ0n) is 8.54. The first-order valence-electron chi connectivity index (χ1n) is 5.05. The Hall–Kier alpha value is -2.29. The van der Waals surface area contributed by atoms with Crippen LogP contribution in [-0.4, -0.2) is 15.0 Å². The topological polar surface area (TPSA) is 38.7 Å². The largest absolute Gasteiger partial charge is 0.256 e. The zero-order valence-corrected chi connectivity index (χ0v) is 8.54. The summed E-state index contributed by atoms with van der Waals surface area (Å²) in [6, 6.07) is 12.0. The lowest BCUT2D eigenvalue weighted by molar-refractivity contribution is 1.17. The summed E-state index contributed by atoms with van der Waals surface area (Å²) < 4.78 is 0. The normalized spacial score (nSPS) is 10.5. The minimum absolute atomic E-state index is 0.902. The monoisotopic (exact) mass is 207 g/mol. The molecule has 16 heavy (non-hydrogen) atoms. The van der Waals surface area contributed by atoms with Gasteiger partial charge in [-0.15, -0.1) is 0 Å². The average molecular weight is 207 g/mol. The predicted octanol–water partition coefficient (Wildman–Crippen LogP) is 2.69. The molecule has 0 N–H and O–H groups in total. The van der Waals surface area contributed by atoms with Crippen LogP contribution >= 0.6 is 0 Å². The standard InChI is InChI=1S/C13H9N3/c1-3-10-4-2-7-15-13(10)11(5-1)12-6-8-14-9-16-12/h1-9H. The van der Waals surface area contributed by atoms with Gasteiger partial charge in [0.2, 0.25) is 0 Å². The maximum atomic E-state index is 4.40. The van der Waals surface area contributed by atoms with Crippen LogP contribution in [0.3, 0.4) is 0 Å². The first kappa shape index (κ1) is 8.97. The van der Waals surface area contributed by atoms with Crippen molar-refractivity contribution in [3.05, 3.63) is 55.1 Å². The van der Waals surface area contributed by atoms with Gasteiger partial charge >= 0.3 is 0 Å². The smallest absolute Gasteiger partial charge is 0.116 e. The number of hydrogen-bond donors (Lipinski definition) is 0. The Labute approximate surface area is 92.8 Å². The van der Waals surface area contributed by atoms with Crippen molar-refractivity contribution in [1.29, 1.82) is 0 Å². The molecule has 2 aromatic heterocycles. The highest BCUT2D eigenvalue weighted by molar-refractivity contribution is 5.92. The molecule has 0 aliphatic carbocycles. The van der Waals surface area contributed by atoms with Crippen LogP contribution in [0.1, 0.15) is 0 Å². The molecule has 0 spiro atoms. The number of fused-ring (bicyclic) bond motifs is 1. The van der Waals surface area contributed by atoms with Gasteiger partial charge in [0.15, 0.2) is 0 Å². The van der Waals surface area contributed by atoms with Crippen molar-refractivity contribution in [2.24, 2.45) is 0 Å². The number of para-hydroxylation sites is 1. The lowest BCUT2D eigenvalue weighted by atomic mass is 10.1. The van der Waals surface area contributed by atoms with Gasteiger partial charge in [0.1, 0.15) is 6.33 Å². The van der Waals surface area contributed by atoms with Crippen LogP contribution in [0.5, 0.6) is 0 Å². The summed E-state index contributed by atoms with van der Waals surface area (Å²) in [5.41, 5.74) is 2.92. The number of hydrogen-bond acceptors (Lipinski definition) is 3. The fraction of sp³-hybridized carbons (Fsp3) is 0. The first-order chi connectivity index (χ1) is 7.95. The molecule has 0 saturated heterocycles. The molecule has 0 unspecified atom stereocenters. The molecular weight excluding hydrogens is 198 g/mol. The Morgan fingerprint density at radius 3 is 2.62 bits per heavy atom. The van der Waals surface area contributed by atoms with Gasteiger partial charge in [0, 0.05) is 23.3 Å². The quantitative estimate of drug-likeness (QED) is 0.615. The van der Waals surface area contributed by atoms with E-state index in [-0.39, 0.29) is 0 Å². The second-order valence-electron chi connectivity index (χ2n) is 3.48. The fourth-order valence-corrected chi connectivity index (χ4v) is 1.76. The Bertz CT molecular complexity index is 615. The molecular formula is C13H9N3. The van der Waals surface area contributed by atoms with E-state index < -0.39 is 0 Å². The molecule has 0 aliphatic rings. The van der Waals surface area contributed by atoms with Gasteiger partial charge in [0.05, 0.1) is 11.2 Å². The molecule has 0 amide bonds. The van der Waals surface area contributed by atoms with Gasteiger partial charge in [-0.1, -0.05) is 24.3 Å². The van der Waals surface area contributed by atoms with Crippen LogP contribution in [0.25, 0.3) is 22.2 Å². The summed E-state index contributed by atoms with van der Waals surface area (Å²) in [6.45, 7) is 0. The molecule has 3 nitrogen and oxygen atoms in total. The first-order valence-corrected chi connectivity index (χ1v) is 5.05. The summed E-state index contributed by atoms with van der Waals surface area (Å²) in [6.07, 6.45) is 5.09. The Morgan fingerprint density at radius 2 is 1.75 bits per heavy atom. The number of aromatic nitrogens is 3. The van der Waals surface area contributed by atoms with Crippen LogP contribution in [-0.2, 0) is 0 Å². The van der Waals surface area contributed by atoms with Crippen molar-refractivity contribution in [1.82, 2.24) is 15.0 Å². The Balaban J connectivity index is 2.32. The van der Waals surface area contributed by atoms with Crippen molar-refractivity contribution < 1.29 is 0 Å². The molecule has 3 aromatic rings. The third-order valence-corrected chi connectivity index (χ3v) is 2.49. The van der Waals surface area contributed by atoms with E-state index in [1.54, 1.807) is 18.7 Å². The van der Waals surface area contributed by atoms with Crippen LogP contribution in [0.2, 0.25) is 0 Å². The summed E-state index contributed by atoms with van der Waals surface area (Å²) in [5, 5.41) is 1.12. The molecule has 3 heteroatoms. The summed E-state index contributed by atoms with van der Waals surface area (Å²) in [7, 11) is 0. The maximum absolute atomic E-state index is 4.40. The van der Waals surface area contributed by atoms with Gasteiger partial charge in [-0.3, -0.25) is 4.98 Å². The summed E-state index contributed by atoms with van der Waals surface area (Å²) >= 11 is 0. The van der Waals surface area contributed by atoms with E-state index in [4.69, 9.17) is 0 Å². The maximum Gasteiger partial charge on any atom is 0.116 e. The highest BCUT2D eigenvalue weighted by atomic mass is 14.8. The highest BCUT2D eigenvalue weighted by Crippen LogP contribution is 2.24. The average Bonchev–Trinajstić information content (AvgIpc) is 2.39. The number of nitrogens with zero attached hydrogens (tertiary/aromatic N) is 3. The molecule has 2 heterocycles. The van der Waals surface area contributed by atoms with E-state index in [1.807, 2.05) is 36.4 Å². The molecule has 0 aliphatic heterocycles. The van der Waals surface area contributed by atoms with Crippen molar-refractivity contribution in [2.45, 2.75) is 0 Å². The molecule has 1 aromatic carbocycles. The molecule has 0 atom stereocenters. The van der Waals surface area contributed by atoms with E-state index >= 15 is 0 Å². The van der Waals surface area contributed by atoms with Gasteiger partial charge in [-0.25, -0.2) is 9.97 Å². The molecule has 0 radical (unpaired) electrons. The van der Waals surface area contributed by atoms with Crippen LogP contribution < -0.4 is 0 Å². The molecule has 0 bridgehead atoms. The molecule has 76 valence electrons. The second-order valence-corrected chi connectivity index (χ2v) is 3.48. The number of benzene rings is 1. The molecule has 0 fully saturated rings. The van der Waals surface area contributed by atoms with Crippen molar-refractivity contribution in [3.8, 4) is 11.3 Å². The van der Waals surface area contributed by atoms with Crippen molar-refractivity contribution in [3.63, 3.8) is 0 Å².